The molecule has 0 bridgehead atoms. The lowest BCUT2D eigenvalue weighted by Crippen LogP contribution is -2.28. The second-order valence-corrected chi connectivity index (χ2v) is 5.79. The number of hydrogen-bond acceptors (Lipinski definition) is 4. The summed E-state index contributed by atoms with van der Waals surface area (Å²) < 4.78 is 15.0. The van der Waals surface area contributed by atoms with Gasteiger partial charge in [-0.1, -0.05) is 15.9 Å². The van der Waals surface area contributed by atoms with E-state index in [1.807, 2.05) is 0 Å². The Labute approximate surface area is 133 Å². The predicted molar refractivity (Wildman–Crippen MR) is 83.1 cm³/mol. The van der Waals surface area contributed by atoms with E-state index in [0.29, 0.717) is 17.8 Å². The van der Waals surface area contributed by atoms with Crippen LogP contribution in [0.5, 0.6) is 0 Å². The molecule has 0 spiro atoms. The normalized spacial score (nSPS) is 13.9. The number of non-ortho nitro benzene ring substituents is 1. The number of hydrogen-bond donors (Lipinski definition) is 0. The molecule has 5 nitrogen and oxygen atoms in total. The first kappa shape index (κ1) is 14.6. The molecule has 0 aliphatic carbocycles. The van der Waals surface area contributed by atoms with E-state index in [4.69, 9.17) is 0 Å². The zero-order valence-electron chi connectivity index (χ0n) is 11.3. The minimum absolute atomic E-state index is 0.000991. The molecule has 0 aromatic heterocycles. The number of carbonyl (C=O) groups excluding carboxylic acids is 1. The molecular weight excluding hydrogens is 355 g/mol. The third kappa shape index (κ3) is 2.48. The Bertz CT molecular complexity index is 794. The molecule has 0 saturated heterocycles. The Morgan fingerprint density at radius 2 is 1.95 bits per heavy atom. The predicted octanol–water partition coefficient (Wildman–Crippen LogP) is 4.22. The summed E-state index contributed by atoms with van der Waals surface area (Å²) in [7, 11) is 0. The van der Waals surface area contributed by atoms with Crippen LogP contribution in [-0.4, -0.2) is 17.3 Å². The highest BCUT2D eigenvalue weighted by atomic mass is 79.9. The quantitative estimate of drug-likeness (QED) is 0.591. The van der Waals surface area contributed by atoms with Gasteiger partial charge in [0.1, 0.15) is 0 Å². The number of nitro groups is 1. The van der Waals surface area contributed by atoms with E-state index in [-0.39, 0.29) is 23.6 Å². The lowest BCUT2D eigenvalue weighted by atomic mass is 9.99. The Balaban J connectivity index is 2.10. The number of Topliss-reactive ketones (excluding diaryl/α,β-unsaturated/α-hetero) is 1. The van der Waals surface area contributed by atoms with Gasteiger partial charge in [0.15, 0.2) is 11.6 Å². The van der Waals surface area contributed by atoms with Crippen LogP contribution in [0.25, 0.3) is 0 Å². The monoisotopic (exact) mass is 364 g/mol. The summed E-state index contributed by atoms with van der Waals surface area (Å²) in [6.45, 7) is 0.330. The number of nitrogens with zero attached hydrogens (tertiary/aromatic N) is 2. The maximum Gasteiger partial charge on any atom is 0.272 e. The molecule has 0 unspecified atom stereocenters. The highest BCUT2D eigenvalue weighted by Gasteiger charge is 2.26. The van der Waals surface area contributed by atoms with Gasteiger partial charge in [0.2, 0.25) is 0 Å². The molecular formula is C15H10BrFN2O3. The van der Waals surface area contributed by atoms with E-state index < -0.39 is 10.7 Å². The smallest absolute Gasteiger partial charge is 0.272 e. The maximum absolute atomic E-state index is 14.2. The molecule has 1 aliphatic rings. The first-order valence-corrected chi connectivity index (χ1v) is 7.31. The summed E-state index contributed by atoms with van der Waals surface area (Å²) in [5.74, 6) is -0.685. The fourth-order valence-electron chi connectivity index (χ4n) is 2.51. The summed E-state index contributed by atoms with van der Waals surface area (Å²) in [6.07, 6.45) is 0.269. The number of benzene rings is 2. The van der Waals surface area contributed by atoms with Crippen LogP contribution in [0.15, 0.2) is 40.9 Å². The van der Waals surface area contributed by atoms with Crippen molar-refractivity contribution in [2.75, 3.05) is 11.4 Å². The fraction of sp³-hybridized carbons (Fsp3) is 0.133. The van der Waals surface area contributed by atoms with Crippen LogP contribution in [0.4, 0.5) is 21.5 Å². The van der Waals surface area contributed by atoms with Gasteiger partial charge in [-0.2, -0.15) is 0 Å². The van der Waals surface area contributed by atoms with E-state index in [1.165, 1.54) is 12.1 Å². The number of nitro benzene ring substituents is 1. The van der Waals surface area contributed by atoms with Crippen LogP contribution >= 0.6 is 15.9 Å². The fourth-order valence-corrected chi connectivity index (χ4v) is 2.86. The average Bonchev–Trinajstić information content (AvgIpc) is 2.48. The molecule has 1 aliphatic heterocycles. The van der Waals surface area contributed by atoms with Crippen molar-refractivity contribution in [2.45, 2.75) is 6.42 Å². The number of halogens is 2. The van der Waals surface area contributed by atoms with Gasteiger partial charge in [0.25, 0.3) is 5.69 Å². The average molecular weight is 365 g/mol. The summed E-state index contributed by atoms with van der Waals surface area (Å²) in [5.41, 5.74) is 1.03. The van der Waals surface area contributed by atoms with Crippen LogP contribution in [0.1, 0.15) is 16.8 Å². The van der Waals surface area contributed by atoms with Crippen molar-refractivity contribution in [3.63, 3.8) is 0 Å². The first-order valence-electron chi connectivity index (χ1n) is 6.51. The minimum Gasteiger partial charge on any atom is -0.338 e. The summed E-state index contributed by atoms with van der Waals surface area (Å²) in [5, 5.41) is 10.7. The molecule has 0 N–H and O–H groups in total. The van der Waals surface area contributed by atoms with Crippen LogP contribution in [0, 0.1) is 15.9 Å². The minimum atomic E-state index is -0.686. The largest absolute Gasteiger partial charge is 0.338 e. The Morgan fingerprint density at radius 3 is 2.64 bits per heavy atom. The van der Waals surface area contributed by atoms with Gasteiger partial charge in [0, 0.05) is 29.1 Å². The third-order valence-corrected chi connectivity index (χ3v) is 4.04. The van der Waals surface area contributed by atoms with Crippen molar-refractivity contribution in [3.05, 3.63) is 62.4 Å². The van der Waals surface area contributed by atoms with Crippen LogP contribution in [-0.2, 0) is 0 Å². The second kappa shape index (κ2) is 5.49. The topological polar surface area (TPSA) is 63.5 Å². The molecule has 0 amide bonds. The molecule has 1 heterocycles. The van der Waals surface area contributed by atoms with E-state index in [9.17, 15) is 19.3 Å². The molecule has 2 aromatic carbocycles. The van der Waals surface area contributed by atoms with Crippen molar-refractivity contribution >= 4 is 38.8 Å². The Kier molecular flexibility index (Phi) is 3.66. The van der Waals surface area contributed by atoms with Gasteiger partial charge in [-0.25, -0.2) is 4.39 Å². The number of anilines is 2. The van der Waals surface area contributed by atoms with Crippen LogP contribution in [0.2, 0.25) is 0 Å². The van der Waals surface area contributed by atoms with Gasteiger partial charge in [-0.3, -0.25) is 14.9 Å². The van der Waals surface area contributed by atoms with Crippen molar-refractivity contribution < 1.29 is 14.1 Å². The van der Waals surface area contributed by atoms with Gasteiger partial charge in [-0.05, 0) is 24.3 Å². The Hall–Kier alpha value is -2.28. The lowest BCUT2D eigenvalue weighted by Gasteiger charge is -2.30. The van der Waals surface area contributed by atoms with Gasteiger partial charge in [0.05, 0.1) is 22.4 Å². The lowest BCUT2D eigenvalue weighted by molar-refractivity contribution is -0.385. The maximum atomic E-state index is 14.2. The highest BCUT2D eigenvalue weighted by Crippen LogP contribution is 2.37. The molecule has 22 heavy (non-hydrogen) atoms. The number of ketones is 1. The third-order valence-electron chi connectivity index (χ3n) is 3.55. The summed E-state index contributed by atoms with van der Waals surface area (Å²) >= 11 is 3.34. The van der Waals surface area contributed by atoms with Crippen molar-refractivity contribution in [1.82, 2.24) is 0 Å². The highest BCUT2D eigenvalue weighted by molar-refractivity contribution is 9.10. The van der Waals surface area contributed by atoms with E-state index in [0.717, 1.165) is 10.5 Å². The molecule has 7 heteroatoms. The van der Waals surface area contributed by atoms with Crippen molar-refractivity contribution in [1.29, 1.82) is 0 Å². The standard InChI is InChI=1S/C15H10BrFN2O3/c16-9-1-3-11-14(7-9)18(6-5-15(11)20)13-4-2-10(19(21)22)8-12(13)17/h1-4,7-8H,5-6H2. The van der Waals surface area contributed by atoms with Gasteiger partial charge in [-0.15, -0.1) is 0 Å². The van der Waals surface area contributed by atoms with E-state index in [1.54, 1.807) is 23.1 Å². The van der Waals surface area contributed by atoms with Crippen LogP contribution in [0.3, 0.4) is 0 Å². The summed E-state index contributed by atoms with van der Waals surface area (Å²) in [6, 6.07) is 8.71. The van der Waals surface area contributed by atoms with E-state index >= 15 is 0 Å². The van der Waals surface area contributed by atoms with Crippen LogP contribution < -0.4 is 4.90 Å². The summed E-state index contributed by atoms with van der Waals surface area (Å²) in [4.78, 5) is 23.7. The Morgan fingerprint density at radius 1 is 1.18 bits per heavy atom. The SMILES string of the molecule is O=C1CCN(c2ccc([N+](=O)[O-])cc2F)c2cc(Br)ccc21. The molecule has 112 valence electrons. The van der Waals surface area contributed by atoms with Crippen molar-refractivity contribution in [2.24, 2.45) is 0 Å². The van der Waals surface area contributed by atoms with Crippen molar-refractivity contribution in [3.8, 4) is 0 Å². The molecule has 0 saturated carbocycles. The second-order valence-electron chi connectivity index (χ2n) is 4.88. The zero-order chi connectivity index (χ0) is 15.9. The number of carbonyl (C=O) groups is 1. The molecule has 3 rings (SSSR count). The first-order chi connectivity index (χ1) is 10.5. The molecule has 0 atom stereocenters. The number of rotatable bonds is 2. The molecule has 0 radical (unpaired) electrons. The van der Waals surface area contributed by atoms with Gasteiger partial charge < -0.3 is 4.90 Å². The molecule has 0 fully saturated rings. The number of fused-ring (bicyclic) bond motifs is 1. The van der Waals surface area contributed by atoms with Gasteiger partial charge >= 0.3 is 0 Å². The molecule has 2 aromatic rings. The van der Waals surface area contributed by atoms with E-state index in [2.05, 4.69) is 15.9 Å². The zero-order valence-corrected chi connectivity index (χ0v) is 12.8.